The van der Waals surface area contributed by atoms with Crippen LogP contribution in [0.4, 0.5) is 0 Å². The van der Waals surface area contributed by atoms with Crippen LogP contribution in [-0.4, -0.2) is 22.9 Å². The first-order chi connectivity index (χ1) is 7.22. The van der Waals surface area contributed by atoms with E-state index in [0.717, 1.165) is 11.6 Å². The summed E-state index contributed by atoms with van der Waals surface area (Å²) >= 11 is 0. The van der Waals surface area contributed by atoms with Crippen molar-refractivity contribution in [1.82, 2.24) is 15.1 Å². The molecule has 1 aliphatic carbocycles. The molecule has 3 nitrogen and oxygen atoms in total. The molecule has 2 fully saturated rings. The first-order valence-electron chi connectivity index (χ1n) is 5.94. The molecular formula is C12H19N3. The lowest BCUT2D eigenvalue weighted by molar-refractivity contribution is 0.414. The van der Waals surface area contributed by atoms with Crippen LogP contribution in [0.5, 0.6) is 0 Å². The number of hydrogen-bond acceptors (Lipinski definition) is 2. The molecular weight excluding hydrogens is 186 g/mol. The molecule has 0 radical (unpaired) electrons. The van der Waals surface area contributed by atoms with Gasteiger partial charge in [0.2, 0.25) is 0 Å². The number of nitrogens with one attached hydrogen (secondary N) is 1. The zero-order valence-corrected chi connectivity index (χ0v) is 9.58. The third-order valence-corrected chi connectivity index (χ3v) is 4.14. The zero-order chi connectivity index (χ0) is 10.5. The summed E-state index contributed by atoms with van der Waals surface area (Å²) in [6, 6.07) is 2.28. The highest BCUT2D eigenvalue weighted by Gasteiger charge is 2.52. The lowest BCUT2D eigenvalue weighted by Gasteiger charge is -2.22. The fourth-order valence-corrected chi connectivity index (χ4v) is 3.21. The summed E-state index contributed by atoms with van der Waals surface area (Å²) in [6.07, 6.45) is 4.06. The minimum atomic E-state index is 0.472. The molecule has 3 rings (SSSR count). The molecule has 1 aromatic heterocycles. The van der Waals surface area contributed by atoms with Gasteiger partial charge in [-0.15, -0.1) is 0 Å². The Balaban J connectivity index is 1.95. The van der Waals surface area contributed by atoms with Crippen molar-refractivity contribution in [2.75, 3.05) is 13.1 Å². The Morgan fingerprint density at radius 2 is 2.33 bits per heavy atom. The largest absolute Gasteiger partial charge is 0.316 e. The Hall–Kier alpha value is -0.830. The maximum Gasteiger partial charge on any atom is 0.0596 e. The van der Waals surface area contributed by atoms with Crippen LogP contribution in [0.3, 0.4) is 0 Å². The SMILES string of the molecule is Cc1cc(C2(C3CCNC3)CC2)n(C)n1. The summed E-state index contributed by atoms with van der Waals surface area (Å²) in [4.78, 5) is 0. The van der Waals surface area contributed by atoms with Crippen LogP contribution in [0.25, 0.3) is 0 Å². The molecule has 1 atom stereocenters. The van der Waals surface area contributed by atoms with Crippen LogP contribution in [0.2, 0.25) is 0 Å². The average molecular weight is 205 g/mol. The Bertz CT molecular complexity index is 370. The topological polar surface area (TPSA) is 29.9 Å². The smallest absolute Gasteiger partial charge is 0.0596 e. The first-order valence-corrected chi connectivity index (χ1v) is 5.94. The molecule has 0 bridgehead atoms. The predicted octanol–water partition coefficient (Wildman–Crippen LogP) is 1.37. The van der Waals surface area contributed by atoms with Gasteiger partial charge in [-0.05, 0) is 51.3 Å². The van der Waals surface area contributed by atoms with E-state index in [0.29, 0.717) is 5.41 Å². The normalized spacial score (nSPS) is 28.3. The van der Waals surface area contributed by atoms with Crippen LogP contribution in [0.15, 0.2) is 6.07 Å². The molecule has 82 valence electrons. The van der Waals surface area contributed by atoms with Gasteiger partial charge < -0.3 is 5.32 Å². The summed E-state index contributed by atoms with van der Waals surface area (Å²) in [7, 11) is 2.09. The highest BCUT2D eigenvalue weighted by Crippen LogP contribution is 2.55. The van der Waals surface area contributed by atoms with Crippen molar-refractivity contribution < 1.29 is 0 Å². The first kappa shape index (κ1) is 9.40. The van der Waals surface area contributed by atoms with Crippen molar-refractivity contribution in [3.8, 4) is 0 Å². The van der Waals surface area contributed by atoms with Crippen LogP contribution in [0.1, 0.15) is 30.7 Å². The van der Waals surface area contributed by atoms with E-state index in [9.17, 15) is 0 Å². The molecule has 1 saturated carbocycles. The van der Waals surface area contributed by atoms with Gasteiger partial charge in [0.15, 0.2) is 0 Å². The monoisotopic (exact) mass is 205 g/mol. The van der Waals surface area contributed by atoms with Gasteiger partial charge in [-0.25, -0.2) is 0 Å². The highest BCUT2D eigenvalue weighted by atomic mass is 15.3. The number of hydrogen-bond donors (Lipinski definition) is 1. The van der Waals surface area contributed by atoms with Crippen molar-refractivity contribution >= 4 is 0 Å². The molecule has 1 unspecified atom stereocenters. The minimum Gasteiger partial charge on any atom is -0.316 e. The number of rotatable bonds is 2. The molecule has 15 heavy (non-hydrogen) atoms. The van der Waals surface area contributed by atoms with E-state index in [1.807, 2.05) is 0 Å². The standard InChI is InChI=1S/C12H19N3/c1-9-7-11(15(2)14-9)12(4-5-12)10-3-6-13-8-10/h7,10,13H,3-6,8H2,1-2H3. The number of aromatic nitrogens is 2. The second kappa shape index (κ2) is 3.08. The molecule has 0 spiro atoms. The second-order valence-electron chi connectivity index (χ2n) is 5.14. The second-order valence-corrected chi connectivity index (χ2v) is 5.14. The molecule has 2 aliphatic rings. The lowest BCUT2D eigenvalue weighted by Crippen LogP contribution is -2.25. The van der Waals surface area contributed by atoms with E-state index >= 15 is 0 Å². The summed E-state index contributed by atoms with van der Waals surface area (Å²) in [5.41, 5.74) is 3.10. The van der Waals surface area contributed by atoms with Gasteiger partial charge in [-0.2, -0.15) is 5.10 Å². The third kappa shape index (κ3) is 1.33. The van der Waals surface area contributed by atoms with E-state index in [2.05, 4.69) is 35.1 Å². The van der Waals surface area contributed by atoms with Gasteiger partial charge >= 0.3 is 0 Å². The van der Waals surface area contributed by atoms with Gasteiger partial charge in [0.25, 0.3) is 0 Å². The zero-order valence-electron chi connectivity index (χ0n) is 9.58. The number of nitrogens with zero attached hydrogens (tertiary/aromatic N) is 2. The average Bonchev–Trinajstić information content (AvgIpc) is 2.68. The van der Waals surface area contributed by atoms with E-state index in [1.54, 1.807) is 0 Å². The van der Waals surface area contributed by atoms with Crippen LogP contribution < -0.4 is 5.32 Å². The summed E-state index contributed by atoms with van der Waals surface area (Å²) in [5.74, 6) is 0.840. The molecule has 1 aliphatic heterocycles. The molecule has 1 N–H and O–H groups in total. The Kier molecular flexibility index (Phi) is 1.93. The summed E-state index contributed by atoms with van der Waals surface area (Å²) < 4.78 is 2.10. The van der Waals surface area contributed by atoms with Gasteiger partial charge in [0.1, 0.15) is 0 Å². The van der Waals surface area contributed by atoms with E-state index in [4.69, 9.17) is 0 Å². The quantitative estimate of drug-likeness (QED) is 0.790. The minimum absolute atomic E-state index is 0.472. The van der Waals surface area contributed by atoms with Crippen molar-refractivity contribution in [3.63, 3.8) is 0 Å². The van der Waals surface area contributed by atoms with E-state index in [1.165, 1.54) is 38.0 Å². The van der Waals surface area contributed by atoms with Crippen LogP contribution in [0, 0.1) is 12.8 Å². The summed E-state index contributed by atoms with van der Waals surface area (Å²) in [5, 5.41) is 7.97. The van der Waals surface area contributed by atoms with Crippen molar-refractivity contribution in [2.45, 2.75) is 31.6 Å². The fourth-order valence-electron chi connectivity index (χ4n) is 3.21. The third-order valence-electron chi connectivity index (χ3n) is 4.14. The maximum atomic E-state index is 4.49. The van der Waals surface area contributed by atoms with Gasteiger partial charge in [0.05, 0.1) is 5.69 Å². The Labute approximate surface area is 90.9 Å². The molecule has 1 saturated heterocycles. The predicted molar refractivity (Wildman–Crippen MR) is 59.8 cm³/mol. The van der Waals surface area contributed by atoms with Gasteiger partial charge in [-0.3, -0.25) is 4.68 Å². The van der Waals surface area contributed by atoms with Crippen molar-refractivity contribution in [1.29, 1.82) is 0 Å². The maximum absolute atomic E-state index is 4.49. The highest BCUT2D eigenvalue weighted by molar-refractivity contribution is 5.29. The Morgan fingerprint density at radius 1 is 1.53 bits per heavy atom. The van der Waals surface area contributed by atoms with Crippen LogP contribution in [-0.2, 0) is 12.5 Å². The van der Waals surface area contributed by atoms with Crippen molar-refractivity contribution in [2.24, 2.45) is 13.0 Å². The van der Waals surface area contributed by atoms with Crippen LogP contribution >= 0.6 is 0 Å². The molecule has 0 amide bonds. The molecule has 0 aromatic carbocycles. The fraction of sp³-hybridized carbons (Fsp3) is 0.750. The van der Waals surface area contributed by atoms with E-state index in [-0.39, 0.29) is 0 Å². The lowest BCUT2D eigenvalue weighted by atomic mass is 9.85. The van der Waals surface area contributed by atoms with E-state index < -0.39 is 0 Å². The molecule has 1 aromatic rings. The molecule has 2 heterocycles. The number of aryl methyl sites for hydroxylation is 2. The molecule has 3 heteroatoms. The van der Waals surface area contributed by atoms with Crippen molar-refractivity contribution in [3.05, 3.63) is 17.5 Å². The summed E-state index contributed by atoms with van der Waals surface area (Å²) in [6.45, 7) is 4.49. The van der Waals surface area contributed by atoms with Gasteiger partial charge in [0, 0.05) is 18.2 Å². The van der Waals surface area contributed by atoms with Gasteiger partial charge in [-0.1, -0.05) is 0 Å². The Morgan fingerprint density at radius 3 is 2.80 bits per heavy atom.